The number of fused-ring (bicyclic) bond motifs is 1. The summed E-state index contributed by atoms with van der Waals surface area (Å²) < 4.78 is 9.84. The van der Waals surface area contributed by atoms with E-state index in [-0.39, 0.29) is 6.10 Å². The second-order valence-corrected chi connectivity index (χ2v) is 8.56. The first-order valence-corrected chi connectivity index (χ1v) is 10.7. The lowest BCUT2D eigenvalue weighted by Gasteiger charge is -2.21. The van der Waals surface area contributed by atoms with E-state index in [2.05, 4.69) is 84.4 Å². The lowest BCUT2D eigenvalue weighted by Crippen LogP contribution is -2.45. The van der Waals surface area contributed by atoms with Gasteiger partial charge in [0.1, 0.15) is 5.01 Å². The quantitative estimate of drug-likeness (QED) is 0.350. The van der Waals surface area contributed by atoms with E-state index < -0.39 is 0 Å². The molecule has 0 N–H and O–H groups in total. The zero-order valence-electron chi connectivity index (χ0n) is 16.0. The molecule has 0 radical (unpaired) electrons. The molecule has 1 aliphatic heterocycles. The van der Waals surface area contributed by atoms with Gasteiger partial charge < -0.3 is 4.74 Å². The monoisotopic (exact) mass is 395 g/mol. The number of benzene rings is 3. The molecule has 3 nitrogen and oxygen atoms in total. The average Bonchev–Trinajstić information content (AvgIpc) is 3.18. The van der Waals surface area contributed by atoms with Gasteiger partial charge >= 0.3 is 0 Å². The highest BCUT2D eigenvalue weighted by Crippen LogP contribution is 2.38. The summed E-state index contributed by atoms with van der Waals surface area (Å²) in [5, 5.41) is 2.27. The van der Waals surface area contributed by atoms with Crippen LogP contribution in [-0.2, 0) is 6.54 Å². The summed E-state index contributed by atoms with van der Waals surface area (Å²) in [4.78, 5) is 4.78. The summed E-state index contributed by atoms with van der Waals surface area (Å²) in [6.07, 6.45) is 2.30. The predicted octanol–water partition coefficient (Wildman–Crippen LogP) is 5.85. The number of hydrogen-bond acceptors (Lipinski definition) is 3. The van der Waals surface area contributed by atoms with Crippen LogP contribution in [0.2, 0.25) is 0 Å². The van der Waals surface area contributed by atoms with Crippen LogP contribution in [0, 0.1) is 0 Å². The fraction of sp³-hybridized carbons (Fsp3) is 0.120. The molecule has 3 aromatic carbocycles. The number of aromatic nitrogens is 2. The van der Waals surface area contributed by atoms with Crippen LogP contribution >= 0.6 is 11.3 Å². The highest BCUT2D eigenvalue weighted by molar-refractivity contribution is 7.21. The maximum Gasteiger partial charge on any atom is 0.255 e. The van der Waals surface area contributed by atoms with E-state index in [9.17, 15) is 0 Å². The Bertz CT molecular complexity index is 1340. The summed E-state index contributed by atoms with van der Waals surface area (Å²) in [6.45, 7) is 3.01. The van der Waals surface area contributed by atoms with Gasteiger partial charge in [-0.15, -0.1) is 11.3 Å². The molecular formula is C25H19N2OS+. The molecule has 0 spiro atoms. The van der Waals surface area contributed by atoms with Crippen LogP contribution < -0.4 is 9.30 Å². The Morgan fingerprint density at radius 2 is 1.76 bits per heavy atom. The molecule has 0 bridgehead atoms. The van der Waals surface area contributed by atoms with Crippen molar-refractivity contribution in [3.8, 4) is 27.4 Å². The highest BCUT2D eigenvalue weighted by atomic mass is 32.1. The van der Waals surface area contributed by atoms with E-state index in [1.54, 1.807) is 11.3 Å². The number of nitrogens with zero attached hydrogens (tertiary/aromatic N) is 2. The van der Waals surface area contributed by atoms with Crippen LogP contribution in [-0.4, -0.2) is 11.1 Å². The number of ether oxygens (including phenoxy) is 1. The summed E-state index contributed by atoms with van der Waals surface area (Å²) >= 11 is 1.73. The molecule has 0 saturated heterocycles. The van der Waals surface area contributed by atoms with Crippen molar-refractivity contribution in [3.05, 3.63) is 79.0 Å². The van der Waals surface area contributed by atoms with Crippen LogP contribution in [0.5, 0.6) is 5.75 Å². The molecule has 4 heteroatoms. The van der Waals surface area contributed by atoms with Gasteiger partial charge in [0.05, 0.1) is 15.6 Å². The maximum atomic E-state index is 6.31. The minimum atomic E-state index is 0.154. The van der Waals surface area contributed by atoms with Gasteiger partial charge in [0, 0.05) is 17.2 Å². The SMILES string of the molecule is CC1C[n+]2cccc3ccc(-c4ccc(-c5nc6ccccc6s5)cc4)c(c32)O1. The normalized spacial score (nSPS) is 15.6. The van der Waals surface area contributed by atoms with Gasteiger partial charge in [0.2, 0.25) is 0 Å². The molecule has 0 fully saturated rings. The molecule has 29 heavy (non-hydrogen) atoms. The molecule has 5 aromatic rings. The number of thiazole rings is 1. The Labute approximate surface area is 172 Å². The minimum absolute atomic E-state index is 0.154. The highest BCUT2D eigenvalue weighted by Gasteiger charge is 2.28. The lowest BCUT2D eigenvalue weighted by molar-refractivity contribution is -0.681. The molecule has 0 aliphatic carbocycles. The zero-order chi connectivity index (χ0) is 19.4. The van der Waals surface area contributed by atoms with Gasteiger partial charge in [-0.25, -0.2) is 4.98 Å². The average molecular weight is 396 g/mol. The van der Waals surface area contributed by atoms with Crippen molar-refractivity contribution in [1.29, 1.82) is 0 Å². The first kappa shape index (κ1) is 16.7. The summed E-state index contributed by atoms with van der Waals surface area (Å²) in [7, 11) is 0. The zero-order valence-corrected chi connectivity index (χ0v) is 16.8. The number of hydrogen-bond donors (Lipinski definition) is 0. The van der Waals surface area contributed by atoms with Gasteiger partial charge in [-0.05, 0) is 42.8 Å². The van der Waals surface area contributed by atoms with E-state index in [4.69, 9.17) is 9.72 Å². The van der Waals surface area contributed by atoms with Gasteiger partial charge in [0.15, 0.2) is 24.6 Å². The van der Waals surface area contributed by atoms with Crippen molar-refractivity contribution >= 4 is 32.5 Å². The lowest BCUT2D eigenvalue weighted by atomic mass is 10.00. The van der Waals surface area contributed by atoms with Gasteiger partial charge in [-0.3, -0.25) is 0 Å². The molecule has 1 aliphatic rings. The second-order valence-electron chi connectivity index (χ2n) is 7.53. The molecule has 6 rings (SSSR count). The van der Waals surface area contributed by atoms with Crippen LogP contribution in [0.3, 0.4) is 0 Å². The van der Waals surface area contributed by atoms with Gasteiger partial charge in [-0.1, -0.05) is 36.4 Å². The van der Waals surface area contributed by atoms with E-state index in [1.165, 1.54) is 15.6 Å². The standard InChI is InChI=1S/C25H19N2OS/c1-16-15-27-14-4-5-18-12-13-20(24(28-16)23(18)27)17-8-10-19(11-9-17)25-26-21-6-2-3-7-22(21)29-25/h2-14,16H,15H2,1H3/q+1. The Morgan fingerprint density at radius 1 is 0.931 bits per heavy atom. The van der Waals surface area contributed by atoms with Crippen molar-refractivity contribution in [2.45, 2.75) is 19.6 Å². The first-order valence-electron chi connectivity index (χ1n) is 9.84. The first-order chi connectivity index (χ1) is 14.3. The Balaban J connectivity index is 1.45. The van der Waals surface area contributed by atoms with E-state index in [0.717, 1.165) is 39.5 Å². The van der Waals surface area contributed by atoms with E-state index in [1.807, 2.05) is 6.07 Å². The Kier molecular flexibility index (Phi) is 3.68. The fourth-order valence-electron chi connectivity index (χ4n) is 4.14. The van der Waals surface area contributed by atoms with Crippen molar-refractivity contribution in [3.63, 3.8) is 0 Å². The van der Waals surface area contributed by atoms with Crippen molar-refractivity contribution in [2.24, 2.45) is 0 Å². The maximum absolute atomic E-state index is 6.31. The van der Waals surface area contributed by atoms with Crippen molar-refractivity contribution in [1.82, 2.24) is 4.98 Å². The Hall–Kier alpha value is -3.24. The summed E-state index contributed by atoms with van der Waals surface area (Å²) in [6, 6.07) is 25.6. The minimum Gasteiger partial charge on any atom is -0.477 e. The van der Waals surface area contributed by atoms with Crippen LogP contribution in [0.15, 0.2) is 79.0 Å². The van der Waals surface area contributed by atoms with Crippen LogP contribution in [0.1, 0.15) is 6.92 Å². The molecular weight excluding hydrogens is 376 g/mol. The third-order valence-corrected chi connectivity index (χ3v) is 6.59. The predicted molar refractivity (Wildman–Crippen MR) is 118 cm³/mol. The van der Waals surface area contributed by atoms with E-state index in [0.29, 0.717) is 0 Å². The number of pyridine rings is 1. The fourth-order valence-corrected chi connectivity index (χ4v) is 5.12. The number of para-hydroxylation sites is 1. The topological polar surface area (TPSA) is 26.0 Å². The molecule has 0 amide bonds. The van der Waals surface area contributed by atoms with Gasteiger partial charge in [0.25, 0.3) is 5.52 Å². The number of rotatable bonds is 2. The molecule has 140 valence electrons. The largest absolute Gasteiger partial charge is 0.477 e. The molecule has 1 unspecified atom stereocenters. The summed E-state index contributed by atoms with van der Waals surface area (Å²) in [5.74, 6) is 0.981. The van der Waals surface area contributed by atoms with E-state index >= 15 is 0 Å². The molecule has 1 atom stereocenters. The van der Waals surface area contributed by atoms with Crippen LogP contribution in [0.4, 0.5) is 0 Å². The van der Waals surface area contributed by atoms with Crippen molar-refractivity contribution < 1.29 is 9.30 Å². The third kappa shape index (κ3) is 2.71. The van der Waals surface area contributed by atoms with Gasteiger partial charge in [-0.2, -0.15) is 4.57 Å². The third-order valence-electron chi connectivity index (χ3n) is 5.50. The Morgan fingerprint density at radius 3 is 2.62 bits per heavy atom. The smallest absolute Gasteiger partial charge is 0.255 e. The molecule has 0 saturated carbocycles. The second kappa shape index (κ2) is 6.39. The summed E-state index contributed by atoms with van der Waals surface area (Å²) in [5.41, 5.74) is 5.69. The van der Waals surface area contributed by atoms with Crippen molar-refractivity contribution in [2.75, 3.05) is 0 Å². The van der Waals surface area contributed by atoms with Crippen LogP contribution in [0.25, 0.3) is 42.8 Å². The molecule has 3 heterocycles. The molecule has 2 aromatic heterocycles.